The van der Waals surface area contributed by atoms with Crippen LogP contribution in [0.3, 0.4) is 0 Å². The van der Waals surface area contributed by atoms with Crippen LogP contribution < -0.4 is 15.0 Å². The van der Waals surface area contributed by atoms with Crippen LogP contribution in [0.5, 0.6) is 5.75 Å². The summed E-state index contributed by atoms with van der Waals surface area (Å²) in [5, 5.41) is 21.5. The third-order valence-electron chi connectivity index (χ3n) is 8.75. The van der Waals surface area contributed by atoms with Gasteiger partial charge >= 0.3 is 0 Å². The topological polar surface area (TPSA) is 126 Å². The Bertz CT molecular complexity index is 1700. The van der Waals surface area contributed by atoms with Crippen LogP contribution in [0, 0.1) is 23.0 Å². The summed E-state index contributed by atoms with van der Waals surface area (Å²) in [5.41, 5.74) is 2.59. The van der Waals surface area contributed by atoms with Gasteiger partial charge in [-0.05, 0) is 48.4 Å². The van der Waals surface area contributed by atoms with Crippen molar-refractivity contribution < 1.29 is 33.0 Å². The second kappa shape index (κ2) is 12.6. The second-order valence-electron chi connectivity index (χ2n) is 11.3. The summed E-state index contributed by atoms with van der Waals surface area (Å²) in [5.74, 6) is -1.83. The van der Waals surface area contributed by atoms with E-state index in [1.165, 1.54) is 23.1 Å². The molecule has 0 aromatic heterocycles. The smallest absolute Gasteiger partial charge is 0.255 e. The lowest BCUT2D eigenvalue weighted by atomic mass is 10.0. The molecule has 10 nitrogen and oxygen atoms in total. The van der Waals surface area contributed by atoms with Crippen molar-refractivity contribution >= 4 is 23.4 Å². The molecule has 2 saturated heterocycles. The molecule has 0 unspecified atom stereocenters. The number of carbonyl (C=O) groups is 3. The first-order chi connectivity index (χ1) is 21.8. The van der Waals surface area contributed by atoms with E-state index >= 15 is 4.39 Å². The van der Waals surface area contributed by atoms with Crippen LogP contribution in [0.2, 0.25) is 0 Å². The minimum absolute atomic E-state index is 0.00666. The summed E-state index contributed by atoms with van der Waals surface area (Å²) in [7, 11) is 0. The first kappa shape index (κ1) is 30.2. The Kier molecular flexibility index (Phi) is 8.47. The maximum absolute atomic E-state index is 15.3. The maximum atomic E-state index is 15.3. The molecule has 12 heteroatoms. The van der Waals surface area contributed by atoms with Crippen molar-refractivity contribution in [2.45, 2.75) is 38.1 Å². The van der Waals surface area contributed by atoms with E-state index in [4.69, 9.17) is 10.00 Å². The summed E-state index contributed by atoms with van der Waals surface area (Å²) >= 11 is 0. The van der Waals surface area contributed by atoms with Crippen LogP contribution in [0.4, 0.5) is 14.5 Å². The fraction of sp³-hybridized carbons (Fsp3) is 0.333. The number of nitrogens with zero attached hydrogens (tertiary/aromatic N) is 4. The normalized spacial score (nSPS) is 19.2. The summed E-state index contributed by atoms with van der Waals surface area (Å²) in [6.07, 6.45) is 0.405. The maximum Gasteiger partial charge on any atom is 0.255 e. The second-order valence-corrected chi connectivity index (χ2v) is 11.3. The molecule has 0 saturated carbocycles. The highest BCUT2D eigenvalue weighted by molar-refractivity contribution is 6.05. The van der Waals surface area contributed by atoms with E-state index < -0.39 is 29.6 Å². The predicted octanol–water partition coefficient (Wildman–Crippen LogP) is 3.03. The number of rotatable bonds is 8. The summed E-state index contributed by atoms with van der Waals surface area (Å²) < 4.78 is 35.4. The zero-order valence-electron chi connectivity index (χ0n) is 24.3. The lowest BCUT2D eigenvalue weighted by Crippen LogP contribution is -2.52. The molecule has 2 fully saturated rings. The standard InChI is InChI=1S/C33H31F2N5O5/c34-26-14-20(29(18-41)39-12-10-38(11-13-39)23-7-6-21(16-36)27(35)15-23)4-5-22(26)19-45-30-3-1-2-24-25(30)17-40(33(24)44)28-8-9-31(42)37-32(28)43/h1-7,14-15,28-29,41H,8-13,17-19H2,(H,37,42,43)/t28-,29-/m0/s1. The number of aliphatic hydroxyl groups is 1. The van der Waals surface area contributed by atoms with E-state index in [0.717, 1.165) is 0 Å². The minimum Gasteiger partial charge on any atom is -0.488 e. The van der Waals surface area contributed by atoms with E-state index in [1.807, 2.05) is 11.0 Å². The molecular formula is C33H31F2N5O5. The van der Waals surface area contributed by atoms with Gasteiger partial charge in [0.25, 0.3) is 5.91 Å². The van der Waals surface area contributed by atoms with Gasteiger partial charge in [0.15, 0.2) is 0 Å². The number of piperidine rings is 1. The lowest BCUT2D eigenvalue weighted by molar-refractivity contribution is -0.136. The third kappa shape index (κ3) is 5.96. The lowest BCUT2D eigenvalue weighted by Gasteiger charge is -2.40. The molecule has 0 radical (unpaired) electrons. The number of amides is 3. The van der Waals surface area contributed by atoms with Gasteiger partial charge in [-0.2, -0.15) is 5.26 Å². The average molecular weight is 616 g/mol. The van der Waals surface area contributed by atoms with Crippen molar-refractivity contribution in [1.82, 2.24) is 15.1 Å². The van der Waals surface area contributed by atoms with Gasteiger partial charge in [0.1, 0.15) is 36.1 Å². The Morgan fingerprint density at radius 3 is 2.51 bits per heavy atom. The number of ether oxygens (including phenoxy) is 1. The third-order valence-corrected chi connectivity index (χ3v) is 8.75. The molecule has 3 aliphatic heterocycles. The number of carbonyl (C=O) groups excluding carboxylic acids is 3. The first-order valence-electron chi connectivity index (χ1n) is 14.7. The highest BCUT2D eigenvalue weighted by Gasteiger charge is 2.40. The Labute approximate surface area is 258 Å². The summed E-state index contributed by atoms with van der Waals surface area (Å²) in [4.78, 5) is 42.5. The molecule has 2 N–H and O–H groups in total. The molecule has 3 amide bonds. The summed E-state index contributed by atoms with van der Waals surface area (Å²) in [6, 6.07) is 15.0. The number of halogens is 2. The van der Waals surface area contributed by atoms with Crippen molar-refractivity contribution in [1.29, 1.82) is 5.26 Å². The first-order valence-corrected chi connectivity index (χ1v) is 14.7. The number of hydrogen-bond donors (Lipinski definition) is 2. The zero-order chi connectivity index (χ0) is 31.7. The molecule has 2 atom stereocenters. The van der Waals surface area contributed by atoms with Crippen molar-refractivity contribution in [3.63, 3.8) is 0 Å². The Morgan fingerprint density at radius 1 is 1.02 bits per heavy atom. The van der Waals surface area contributed by atoms with Crippen LogP contribution in [0.15, 0.2) is 54.6 Å². The van der Waals surface area contributed by atoms with Crippen molar-refractivity contribution in [3.8, 4) is 11.8 Å². The van der Waals surface area contributed by atoms with Gasteiger partial charge in [0.05, 0.1) is 24.8 Å². The van der Waals surface area contributed by atoms with Gasteiger partial charge in [-0.25, -0.2) is 8.78 Å². The molecule has 0 spiro atoms. The van der Waals surface area contributed by atoms with Crippen molar-refractivity contribution in [2.24, 2.45) is 0 Å². The molecule has 6 rings (SSSR count). The molecule has 232 valence electrons. The van der Waals surface area contributed by atoms with Crippen LogP contribution >= 0.6 is 0 Å². The van der Waals surface area contributed by atoms with E-state index in [0.29, 0.717) is 59.9 Å². The number of nitriles is 1. The van der Waals surface area contributed by atoms with E-state index in [9.17, 15) is 23.9 Å². The number of hydrogen-bond acceptors (Lipinski definition) is 8. The highest BCUT2D eigenvalue weighted by atomic mass is 19.1. The number of nitrogens with one attached hydrogen (secondary N) is 1. The molecule has 45 heavy (non-hydrogen) atoms. The number of imide groups is 1. The fourth-order valence-corrected chi connectivity index (χ4v) is 6.25. The van der Waals surface area contributed by atoms with E-state index in [2.05, 4.69) is 10.2 Å². The number of piperazine rings is 1. The largest absolute Gasteiger partial charge is 0.488 e. The van der Waals surface area contributed by atoms with Crippen LogP contribution in [-0.2, 0) is 22.7 Å². The van der Waals surface area contributed by atoms with Crippen LogP contribution in [-0.4, -0.2) is 71.5 Å². The molecule has 3 aromatic rings. The highest BCUT2D eigenvalue weighted by Crippen LogP contribution is 2.34. The number of anilines is 1. The molecule has 0 aliphatic carbocycles. The summed E-state index contributed by atoms with van der Waals surface area (Å²) in [6.45, 7) is 2.10. The van der Waals surface area contributed by atoms with Crippen molar-refractivity contribution in [2.75, 3.05) is 37.7 Å². The van der Waals surface area contributed by atoms with E-state index in [1.54, 1.807) is 36.4 Å². The molecule has 3 aliphatic rings. The minimum atomic E-state index is -0.748. The van der Waals surface area contributed by atoms with Gasteiger partial charge in [-0.3, -0.25) is 24.6 Å². The molecular weight excluding hydrogens is 584 g/mol. The van der Waals surface area contributed by atoms with Gasteiger partial charge in [-0.1, -0.05) is 18.2 Å². The molecule has 3 aromatic carbocycles. The van der Waals surface area contributed by atoms with E-state index in [-0.39, 0.29) is 50.0 Å². The molecule has 0 bridgehead atoms. The van der Waals surface area contributed by atoms with Gasteiger partial charge in [-0.15, -0.1) is 0 Å². The van der Waals surface area contributed by atoms with Gasteiger partial charge in [0, 0.05) is 55.0 Å². The van der Waals surface area contributed by atoms with Crippen LogP contribution in [0.25, 0.3) is 0 Å². The Morgan fingerprint density at radius 2 is 1.82 bits per heavy atom. The van der Waals surface area contributed by atoms with Crippen LogP contribution in [0.1, 0.15) is 51.5 Å². The number of benzene rings is 3. The quantitative estimate of drug-likeness (QED) is 0.371. The fourth-order valence-electron chi connectivity index (χ4n) is 6.25. The van der Waals surface area contributed by atoms with Gasteiger partial charge in [0.2, 0.25) is 11.8 Å². The van der Waals surface area contributed by atoms with Crippen molar-refractivity contribution in [3.05, 3.63) is 94.0 Å². The monoisotopic (exact) mass is 615 g/mol. The van der Waals surface area contributed by atoms with Gasteiger partial charge < -0.3 is 19.6 Å². The number of fused-ring (bicyclic) bond motifs is 1. The number of aliphatic hydroxyl groups excluding tert-OH is 1. The SMILES string of the molecule is N#Cc1ccc(N2CCN([C@@H](CO)c3ccc(COc4cccc5c4CN([C@H]4CCC(=O)NC4=O)C5=O)c(F)c3)CC2)cc1F. The predicted molar refractivity (Wildman–Crippen MR) is 158 cm³/mol. The molecule has 3 heterocycles. The Hall–Kier alpha value is -4.86. The average Bonchev–Trinajstić information content (AvgIpc) is 3.37. The Balaban J connectivity index is 1.09. The zero-order valence-corrected chi connectivity index (χ0v) is 24.3.